The monoisotopic (exact) mass is 515 g/mol. The van der Waals surface area contributed by atoms with Crippen LogP contribution in [-0.4, -0.2) is 65.4 Å². The fourth-order valence-electron chi connectivity index (χ4n) is 3.13. The summed E-state index contributed by atoms with van der Waals surface area (Å²) in [6.45, 7) is 0.269. The van der Waals surface area contributed by atoms with Crippen LogP contribution in [0, 0.1) is 0 Å². The molecule has 0 aliphatic rings. The molecule has 0 unspecified atom stereocenters. The highest BCUT2D eigenvalue weighted by Crippen LogP contribution is 2.41. The summed E-state index contributed by atoms with van der Waals surface area (Å²) >= 11 is 1.02. The average molecular weight is 516 g/mol. The van der Waals surface area contributed by atoms with Crippen LogP contribution >= 0.6 is 11.3 Å². The van der Waals surface area contributed by atoms with E-state index in [0.717, 1.165) is 11.3 Å². The molecule has 15 heteroatoms. The van der Waals surface area contributed by atoms with E-state index in [-0.39, 0.29) is 46.9 Å². The largest absolute Gasteiger partial charge is 0.494 e. The molecule has 14 nitrogen and oxygen atoms in total. The zero-order valence-electron chi connectivity index (χ0n) is 19.4. The summed E-state index contributed by atoms with van der Waals surface area (Å²) in [6.07, 6.45) is 4.38. The van der Waals surface area contributed by atoms with E-state index in [0.29, 0.717) is 16.5 Å². The number of nitrogens with one attached hydrogen (secondary N) is 1. The molecule has 0 atom stereocenters. The van der Waals surface area contributed by atoms with Gasteiger partial charge in [0.1, 0.15) is 23.9 Å². The summed E-state index contributed by atoms with van der Waals surface area (Å²) < 4.78 is 28.1. The number of amides is 1. The Morgan fingerprint density at radius 1 is 1.17 bits per heavy atom. The molecular formula is C21H21N7O7S. The maximum atomic E-state index is 13.0. The minimum absolute atomic E-state index is 0.0552. The minimum atomic E-state index is -0.892. The third-order valence-corrected chi connectivity index (χ3v) is 5.55. The van der Waals surface area contributed by atoms with Gasteiger partial charge in [0.25, 0.3) is 5.91 Å². The lowest BCUT2D eigenvalue weighted by Crippen LogP contribution is -2.18. The van der Waals surface area contributed by atoms with Gasteiger partial charge in [0.05, 0.1) is 45.0 Å². The number of aromatic nitrogens is 5. The Hall–Kier alpha value is -4.50. The van der Waals surface area contributed by atoms with Crippen LogP contribution in [-0.2, 0) is 4.74 Å². The van der Waals surface area contributed by atoms with Crippen molar-refractivity contribution in [2.45, 2.75) is 0 Å². The van der Waals surface area contributed by atoms with Crippen LogP contribution in [0.25, 0.3) is 16.3 Å². The maximum absolute atomic E-state index is 13.0. The van der Waals surface area contributed by atoms with Crippen molar-refractivity contribution in [3.05, 3.63) is 46.9 Å². The number of methoxy groups -OCH3 is 3. The molecule has 0 fully saturated rings. The Balaban J connectivity index is 1.73. The van der Waals surface area contributed by atoms with E-state index in [1.165, 1.54) is 50.7 Å². The summed E-state index contributed by atoms with van der Waals surface area (Å²) in [5.41, 5.74) is 5.48. The van der Waals surface area contributed by atoms with Crippen molar-refractivity contribution in [3.63, 3.8) is 0 Å². The van der Waals surface area contributed by atoms with E-state index in [9.17, 15) is 9.59 Å². The van der Waals surface area contributed by atoms with Crippen molar-refractivity contribution in [1.82, 2.24) is 25.0 Å². The molecule has 0 saturated heterocycles. The van der Waals surface area contributed by atoms with Crippen molar-refractivity contribution < 1.29 is 28.2 Å². The second kappa shape index (κ2) is 10.8. The highest BCUT2D eigenvalue weighted by atomic mass is 32.1. The molecular weight excluding hydrogens is 494 g/mol. The number of nitrogens with two attached hydrogens (primary N) is 1. The lowest BCUT2D eigenvalue weighted by Gasteiger charge is -2.16. The highest BCUT2D eigenvalue weighted by Gasteiger charge is 2.25. The van der Waals surface area contributed by atoms with Crippen molar-refractivity contribution in [1.29, 1.82) is 0 Å². The third-order valence-electron chi connectivity index (χ3n) is 4.74. The van der Waals surface area contributed by atoms with Crippen LogP contribution in [0.15, 0.2) is 39.9 Å². The SMILES string of the molecule is COCCOc1c(-c2c(OC)cncc2OC)cc(C(=O)Nc2nnc(-n3nccc3N)s2)oc1=O. The number of pyridine rings is 1. The molecule has 0 aliphatic heterocycles. The topological polar surface area (TPSA) is 179 Å². The highest BCUT2D eigenvalue weighted by molar-refractivity contribution is 7.17. The van der Waals surface area contributed by atoms with E-state index in [1.807, 2.05) is 0 Å². The van der Waals surface area contributed by atoms with E-state index in [1.54, 1.807) is 6.07 Å². The number of rotatable bonds is 10. The zero-order valence-corrected chi connectivity index (χ0v) is 20.2. The van der Waals surface area contributed by atoms with Crippen molar-refractivity contribution in [3.8, 4) is 33.5 Å². The molecule has 36 heavy (non-hydrogen) atoms. The number of anilines is 2. The molecule has 0 saturated carbocycles. The second-order valence-corrected chi connectivity index (χ2v) is 7.87. The van der Waals surface area contributed by atoms with Crippen molar-refractivity contribution >= 4 is 28.2 Å². The molecule has 4 rings (SSSR count). The van der Waals surface area contributed by atoms with Gasteiger partial charge in [0.15, 0.2) is 5.76 Å². The van der Waals surface area contributed by atoms with Gasteiger partial charge in [-0.1, -0.05) is 11.3 Å². The number of ether oxygens (including phenoxy) is 4. The number of nitrogens with zero attached hydrogens (tertiary/aromatic N) is 5. The minimum Gasteiger partial charge on any atom is -0.494 e. The fourth-order valence-corrected chi connectivity index (χ4v) is 3.84. The molecule has 0 bridgehead atoms. The van der Waals surface area contributed by atoms with E-state index in [2.05, 4.69) is 25.6 Å². The Labute approximate surface area is 207 Å². The standard InChI is InChI=1S/C21H21N7O7S/c1-31-6-7-34-17-11(16-13(32-2)9-23-10-14(16)33-3)8-12(35-19(17)30)18(29)25-20-26-27-21(36-20)28-15(22)4-5-24-28/h4-5,8-10H,6-7,22H2,1-3H3,(H,25,26,29). The van der Waals surface area contributed by atoms with E-state index >= 15 is 0 Å². The first kappa shape index (κ1) is 24.6. The summed E-state index contributed by atoms with van der Waals surface area (Å²) in [7, 11) is 4.36. The Kier molecular flexibility index (Phi) is 7.41. The zero-order chi connectivity index (χ0) is 25.7. The second-order valence-electron chi connectivity index (χ2n) is 6.91. The van der Waals surface area contributed by atoms with Crippen LogP contribution in [0.2, 0.25) is 0 Å². The third kappa shape index (κ3) is 4.96. The van der Waals surface area contributed by atoms with Crippen LogP contribution in [0.4, 0.5) is 10.9 Å². The molecule has 188 valence electrons. The number of carbonyl (C=O) groups is 1. The predicted octanol–water partition coefficient (Wildman–Crippen LogP) is 1.62. The summed E-state index contributed by atoms with van der Waals surface area (Å²) in [6, 6.07) is 2.93. The van der Waals surface area contributed by atoms with Crippen molar-refractivity contribution in [2.75, 3.05) is 45.6 Å². The number of nitrogen functional groups attached to an aromatic ring is 1. The van der Waals surface area contributed by atoms with Gasteiger partial charge in [-0.2, -0.15) is 9.78 Å². The van der Waals surface area contributed by atoms with Gasteiger partial charge >= 0.3 is 5.63 Å². The molecule has 4 aromatic heterocycles. The first-order valence-electron chi connectivity index (χ1n) is 10.3. The molecule has 0 spiro atoms. The molecule has 0 aromatic carbocycles. The Morgan fingerprint density at radius 3 is 2.56 bits per heavy atom. The quantitative estimate of drug-likeness (QED) is 0.292. The van der Waals surface area contributed by atoms with Crippen molar-refractivity contribution in [2.24, 2.45) is 0 Å². The molecule has 4 aromatic rings. The molecule has 0 radical (unpaired) electrons. The first-order chi connectivity index (χ1) is 17.5. The van der Waals surface area contributed by atoms with Gasteiger partial charge in [0.2, 0.25) is 16.0 Å². The molecule has 0 aliphatic carbocycles. The number of hydrogen-bond acceptors (Lipinski definition) is 13. The number of hydrogen-bond donors (Lipinski definition) is 2. The summed E-state index contributed by atoms with van der Waals surface area (Å²) in [5, 5.41) is 14.9. The van der Waals surface area contributed by atoms with Gasteiger partial charge in [-0.15, -0.1) is 10.2 Å². The number of carbonyl (C=O) groups excluding carboxylic acids is 1. The van der Waals surface area contributed by atoms with Gasteiger partial charge < -0.3 is 29.1 Å². The Morgan fingerprint density at radius 2 is 1.92 bits per heavy atom. The average Bonchev–Trinajstić information content (AvgIpc) is 3.52. The lowest BCUT2D eigenvalue weighted by molar-refractivity contribution is 0.0990. The molecule has 1 amide bonds. The maximum Gasteiger partial charge on any atom is 0.379 e. The summed E-state index contributed by atoms with van der Waals surface area (Å²) in [4.78, 5) is 30.0. The van der Waals surface area contributed by atoms with Crippen LogP contribution < -0.4 is 30.9 Å². The van der Waals surface area contributed by atoms with Crippen LogP contribution in [0.1, 0.15) is 10.6 Å². The van der Waals surface area contributed by atoms with Gasteiger partial charge in [-0.05, 0) is 6.07 Å². The predicted molar refractivity (Wildman–Crippen MR) is 128 cm³/mol. The smallest absolute Gasteiger partial charge is 0.379 e. The Bertz CT molecular complexity index is 1410. The molecule has 3 N–H and O–H groups in total. The van der Waals surface area contributed by atoms with Gasteiger partial charge in [-0.25, -0.2) is 4.79 Å². The normalized spacial score (nSPS) is 10.8. The molecule has 4 heterocycles. The fraction of sp³-hybridized carbons (Fsp3) is 0.238. The first-order valence-corrected chi connectivity index (χ1v) is 11.1. The van der Waals surface area contributed by atoms with Crippen LogP contribution in [0.5, 0.6) is 17.2 Å². The van der Waals surface area contributed by atoms with E-state index < -0.39 is 11.5 Å². The van der Waals surface area contributed by atoms with E-state index in [4.69, 9.17) is 29.1 Å². The van der Waals surface area contributed by atoms with Gasteiger partial charge in [0, 0.05) is 18.7 Å². The summed E-state index contributed by atoms with van der Waals surface area (Å²) in [5.74, 6) is -0.296. The lowest BCUT2D eigenvalue weighted by atomic mass is 10.0. The van der Waals surface area contributed by atoms with Gasteiger partial charge in [-0.3, -0.25) is 15.1 Å². The van der Waals surface area contributed by atoms with Crippen LogP contribution in [0.3, 0.4) is 0 Å².